The molecule has 3 nitrogen and oxygen atoms in total. The molecule has 1 heterocycles. The lowest BCUT2D eigenvalue weighted by Gasteiger charge is -2.23. The Labute approximate surface area is 94.9 Å². The van der Waals surface area contributed by atoms with Gasteiger partial charge in [0, 0.05) is 23.3 Å². The number of alkyl halides is 1. The van der Waals surface area contributed by atoms with Gasteiger partial charge in [-0.3, -0.25) is 9.78 Å². The number of aryl methyl sites for hydroxylation is 1. The van der Waals surface area contributed by atoms with E-state index in [9.17, 15) is 4.79 Å². The van der Waals surface area contributed by atoms with Crippen molar-refractivity contribution in [3.63, 3.8) is 0 Å². The maximum atomic E-state index is 11.8. The molecule has 0 aliphatic heterocycles. The summed E-state index contributed by atoms with van der Waals surface area (Å²) in [5.41, 5.74) is 0.914. The summed E-state index contributed by atoms with van der Waals surface area (Å²) in [6, 6.07) is 3.50. The second-order valence-corrected chi connectivity index (χ2v) is 4.38. The van der Waals surface area contributed by atoms with Crippen LogP contribution in [0.15, 0.2) is 18.3 Å². The van der Waals surface area contributed by atoms with Gasteiger partial charge in [0.2, 0.25) is 0 Å². The van der Waals surface area contributed by atoms with Crippen molar-refractivity contribution in [2.24, 2.45) is 0 Å². The van der Waals surface area contributed by atoms with Gasteiger partial charge in [-0.2, -0.15) is 0 Å². The minimum Gasteiger partial charge on any atom is -0.346 e. The van der Waals surface area contributed by atoms with Gasteiger partial charge in [-0.05, 0) is 32.9 Å². The Kier molecular flexibility index (Phi) is 3.69. The Morgan fingerprint density at radius 1 is 1.60 bits per heavy atom. The van der Waals surface area contributed by atoms with Crippen LogP contribution in [0.4, 0.5) is 0 Å². The smallest absolute Gasteiger partial charge is 0.253 e. The van der Waals surface area contributed by atoms with Crippen LogP contribution in [0.1, 0.15) is 29.9 Å². The van der Waals surface area contributed by atoms with Crippen molar-refractivity contribution in [3.05, 3.63) is 29.6 Å². The molecule has 0 bridgehead atoms. The van der Waals surface area contributed by atoms with E-state index in [1.807, 2.05) is 20.8 Å². The van der Waals surface area contributed by atoms with Gasteiger partial charge >= 0.3 is 0 Å². The molecule has 82 valence electrons. The number of nitrogens with one attached hydrogen (secondary N) is 1. The zero-order valence-electron chi connectivity index (χ0n) is 9.17. The van der Waals surface area contributed by atoms with E-state index in [4.69, 9.17) is 11.6 Å². The molecule has 1 N–H and O–H groups in total. The average molecular weight is 227 g/mol. The molecule has 0 fully saturated rings. The average Bonchev–Trinajstić information content (AvgIpc) is 2.17. The first-order valence-electron chi connectivity index (χ1n) is 4.76. The molecule has 1 rings (SSSR count). The number of pyridine rings is 1. The maximum absolute atomic E-state index is 11.8. The Morgan fingerprint density at radius 3 is 2.80 bits per heavy atom. The fraction of sp³-hybridized carbons (Fsp3) is 0.455. The number of halogens is 1. The number of amides is 1. The fourth-order valence-corrected chi connectivity index (χ4v) is 1.20. The van der Waals surface area contributed by atoms with Crippen LogP contribution in [-0.2, 0) is 0 Å². The molecule has 0 atom stereocenters. The van der Waals surface area contributed by atoms with Gasteiger partial charge < -0.3 is 5.32 Å². The summed E-state index contributed by atoms with van der Waals surface area (Å²) in [5.74, 6) is 0.240. The molecule has 0 aliphatic rings. The summed E-state index contributed by atoms with van der Waals surface area (Å²) < 4.78 is 0. The normalized spacial score (nSPS) is 11.2. The first-order chi connectivity index (χ1) is 6.96. The highest BCUT2D eigenvalue weighted by atomic mass is 35.5. The molecule has 0 unspecified atom stereocenters. The van der Waals surface area contributed by atoms with E-state index in [0.717, 1.165) is 5.69 Å². The van der Waals surface area contributed by atoms with E-state index < -0.39 is 5.54 Å². The molecular weight excluding hydrogens is 212 g/mol. The van der Waals surface area contributed by atoms with Crippen LogP contribution >= 0.6 is 11.6 Å². The Balaban J connectivity index is 2.83. The lowest BCUT2D eigenvalue weighted by molar-refractivity contribution is 0.0919. The second kappa shape index (κ2) is 4.62. The number of aromatic nitrogens is 1. The molecule has 0 aromatic carbocycles. The molecule has 15 heavy (non-hydrogen) atoms. The van der Waals surface area contributed by atoms with Crippen LogP contribution in [0.5, 0.6) is 0 Å². The summed E-state index contributed by atoms with van der Waals surface area (Å²) in [6.45, 7) is 5.57. The van der Waals surface area contributed by atoms with Crippen molar-refractivity contribution in [3.8, 4) is 0 Å². The number of carbonyl (C=O) groups excluding carboxylic acids is 1. The summed E-state index contributed by atoms with van der Waals surface area (Å²) >= 11 is 5.73. The molecule has 0 spiro atoms. The predicted octanol–water partition coefficient (Wildman–Crippen LogP) is 2.14. The van der Waals surface area contributed by atoms with Gasteiger partial charge in [-0.15, -0.1) is 11.6 Å². The largest absolute Gasteiger partial charge is 0.346 e. The molecule has 0 saturated carbocycles. The Morgan fingerprint density at radius 2 is 2.27 bits per heavy atom. The van der Waals surface area contributed by atoms with Crippen LogP contribution in [0, 0.1) is 6.92 Å². The van der Waals surface area contributed by atoms with Crippen molar-refractivity contribution in [1.82, 2.24) is 10.3 Å². The first kappa shape index (κ1) is 12.0. The highest BCUT2D eigenvalue weighted by molar-refractivity contribution is 6.18. The third-order valence-corrected chi connectivity index (χ3v) is 2.71. The number of hydrogen-bond acceptors (Lipinski definition) is 2. The summed E-state index contributed by atoms with van der Waals surface area (Å²) in [7, 11) is 0. The number of carbonyl (C=O) groups is 1. The zero-order chi connectivity index (χ0) is 11.5. The van der Waals surface area contributed by atoms with E-state index in [0.29, 0.717) is 11.4 Å². The Bertz CT molecular complexity index is 363. The van der Waals surface area contributed by atoms with Crippen molar-refractivity contribution >= 4 is 17.5 Å². The molecule has 1 amide bonds. The second-order valence-electron chi connectivity index (χ2n) is 4.11. The van der Waals surface area contributed by atoms with Crippen LogP contribution in [0.2, 0.25) is 0 Å². The van der Waals surface area contributed by atoms with Crippen molar-refractivity contribution in [2.45, 2.75) is 26.3 Å². The number of hydrogen-bond donors (Lipinski definition) is 1. The Hall–Kier alpha value is -1.09. The number of rotatable bonds is 3. The molecular formula is C11H15ClN2O. The maximum Gasteiger partial charge on any atom is 0.253 e. The van der Waals surface area contributed by atoms with E-state index in [1.54, 1.807) is 18.3 Å². The molecule has 1 aromatic rings. The highest BCUT2D eigenvalue weighted by Crippen LogP contribution is 2.09. The highest BCUT2D eigenvalue weighted by Gasteiger charge is 2.20. The van der Waals surface area contributed by atoms with Crippen LogP contribution in [0.25, 0.3) is 0 Å². The minimum absolute atomic E-state index is 0.133. The van der Waals surface area contributed by atoms with Gasteiger partial charge in [-0.1, -0.05) is 0 Å². The number of nitrogens with zero attached hydrogens (tertiary/aromatic N) is 1. The summed E-state index contributed by atoms with van der Waals surface area (Å²) in [5, 5.41) is 2.85. The van der Waals surface area contributed by atoms with Crippen LogP contribution in [0.3, 0.4) is 0 Å². The van der Waals surface area contributed by atoms with E-state index >= 15 is 0 Å². The van der Waals surface area contributed by atoms with Gasteiger partial charge in [0.1, 0.15) is 0 Å². The van der Waals surface area contributed by atoms with Gasteiger partial charge in [-0.25, -0.2) is 0 Å². The minimum atomic E-state index is -0.402. The van der Waals surface area contributed by atoms with Gasteiger partial charge in [0.05, 0.1) is 5.56 Å². The quantitative estimate of drug-likeness (QED) is 0.803. The third-order valence-electron chi connectivity index (χ3n) is 2.04. The monoisotopic (exact) mass is 226 g/mol. The van der Waals surface area contributed by atoms with Crippen molar-refractivity contribution < 1.29 is 4.79 Å². The van der Waals surface area contributed by atoms with Crippen molar-refractivity contribution in [2.75, 3.05) is 5.88 Å². The van der Waals surface area contributed by atoms with E-state index in [2.05, 4.69) is 10.3 Å². The topological polar surface area (TPSA) is 42.0 Å². The lowest BCUT2D eigenvalue weighted by atomic mass is 10.1. The summed E-state index contributed by atoms with van der Waals surface area (Å²) in [6.07, 6.45) is 1.67. The first-order valence-corrected chi connectivity index (χ1v) is 5.30. The van der Waals surface area contributed by atoms with E-state index in [1.165, 1.54) is 0 Å². The van der Waals surface area contributed by atoms with Gasteiger partial charge in [0.25, 0.3) is 5.91 Å². The molecule has 0 saturated heterocycles. The molecule has 0 aliphatic carbocycles. The molecule has 1 aromatic heterocycles. The predicted molar refractivity (Wildman–Crippen MR) is 61.2 cm³/mol. The fourth-order valence-electron chi connectivity index (χ4n) is 1.13. The summed E-state index contributed by atoms with van der Waals surface area (Å²) in [4.78, 5) is 15.9. The van der Waals surface area contributed by atoms with Crippen LogP contribution < -0.4 is 5.32 Å². The van der Waals surface area contributed by atoms with Gasteiger partial charge in [0.15, 0.2) is 0 Å². The molecule has 4 heteroatoms. The van der Waals surface area contributed by atoms with E-state index in [-0.39, 0.29) is 5.91 Å². The zero-order valence-corrected chi connectivity index (χ0v) is 9.93. The van der Waals surface area contributed by atoms with Crippen molar-refractivity contribution in [1.29, 1.82) is 0 Å². The lowest BCUT2D eigenvalue weighted by Crippen LogP contribution is -2.45. The van der Waals surface area contributed by atoms with Crippen LogP contribution in [-0.4, -0.2) is 22.3 Å². The SMILES string of the molecule is Cc1ncccc1C(=O)NC(C)(C)CCl. The molecule has 0 radical (unpaired) electrons. The standard InChI is InChI=1S/C11H15ClN2O/c1-8-9(5-4-6-13-8)10(15)14-11(2,3)7-12/h4-6H,7H2,1-3H3,(H,14,15). The third kappa shape index (κ3) is 3.20.